The van der Waals surface area contributed by atoms with Crippen molar-refractivity contribution >= 4 is 22.6 Å². The van der Waals surface area contributed by atoms with E-state index in [1.165, 1.54) is 5.56 Å². The first-order valence-electron chi connectivity index (χ1n) is 13.2. The molecule has 1 N–H and O–H groups in total. The zero-order valence-corrected chi connectivity index (χ0v) is 21.9. The molecule has 4 rings (SSSR count). The van der Waals surface area contributed by atoms with Crippen LogP contribution in [0.2, 0.25) is 0 Å². The number of unbranched alkanes of at least 4 members (excludes halogenated alkanes) is 1. The van der Waals surface area contributed by atoms with Gasteiger partial charge in [-0.2, -0.15) is 0 Å². The summed E-state index contributed by atoms with van der Waals surface area (Å²) in [6.07, 6.45) is 3.42. The van der Waals surface area contributed by atoms with Crippen molar-refractivity contribution in [3.8, 4) is 5.75 Å². The molecule has 0 aliphatic heterocycles. The Morgan fingerprint density at radius 1 is 0.763 bits per heavy atom. The molecule has 5 heteroatoms. The van der Waals surface area contributed by atoms with Crippen molar-refractivity contribution < 1.29 is 19.4 Å². The predicted molar refractivity (Wildman–Crippen MR) is 151 cm³/mol. The average molecular weight is 510 g/mol. The summed E-state index contributed by atoms with van der Waals surface area (Å²) in [5.41, 5.74) is 4.36. The van der Waals surface area contributed by atoms with E-state index in [1.54, 1.807) is 4.90 Å². The third-order valence-corrected chi connectivity index (χ3v) is 6.79. The maximum atomic E-state index is 13.2. The smallest absolute Gasteiger partial charge is 0.303 e. The zero-order chi connectivity index (χ0) is 26.7. The molecule has 0 fully saturated rings. The molecular formula is C33H35NO4. The van der Waals surface area contributed by atoms with Gasteiger partial charge in [0.15, 0.2) is 0 Å². The van der Waals surface area contributed by atoms with Crippen molar-refractivity contribution in [2.24, 2.45) is 0 Å². The third-order valence-electron chi connectivity index (χ3n) is 6.79. The van der Waals surface area contributed by atoms with Crippen LogP contribution in [0.4, 0.5) is 0 Å². The Labute approximate surface area is 224 Å². The predicted octanol–water partition coefficient (Wildman–Crippen LogP) is 6.46. The van der Waals surface area contributed by atoms with Crippen LogP contribution in [-0.2, 0) is 35.5 Å². The molecule has 0 aliphatic carbocycles. The molecule has 0 saturated heterocycles. The highest BCUT2D eigenvalue weighted by atomic mass is 16.5. The molecule has 1 amide bonds. The molecule has 0 unspecified atom stereocenters. The number of hydrogen-bond donors (Lipinski definition) is 1. The topological polar surface area (TPSA) is 66.8 Å². The summed E-state index contributed by atoms with van der Waals surface area (Å²) in [5.74, 6) is 0.0793. The van der Waals surface area contributed by atoms with Crippen molar-refractivity contribution in [1.82, 2.24) is 4.90 Å². The standard InChI is InChI=1S/C33H35NO4/c1-34(20-19-25-11-4-2-5-12-25)32(35)23-28-21-27(15-8-9-18-33(36)37)22-30-29(28)16-10-17-31(30)38-24-26-13-6-3-7-14-26/h2-7,10-14,16-17,21-22H,8-9,15,18-20,23-24H2,1H3,(H,36,37). The summed E-state index contributed by atoms with van der Waals surface area (Å²) >= 11 is 0. The van der Waals surface area contributed by atoms with Crippen LogP contribution in [0.15, 0.2) is 91.0 Å². The fraction of sp³-hybridized carbons (Fsp3) is 0.273. The summed E-state index contributed by atoms with van der Waals surface area (Å²) in [4.78, 5) is 26.0. The second-order valence-electron chi connectivity index (χ2n) is 9.71. The van der Waals surface area contributed by atoms with E-state index in [0.717, 1.165) is 52.5 Å². The molecule has 0 aliphatic rings. The van der Waals surface area contributed by atoms with E-state index in [9.17, 15) is 9.59 Å². The first kappa shape index (κ1) is 26.9. The van der Waals surface area contributed by atoms with Crippen molar-refractivity contribution in [2.75, 3.05) is 13.6 Å². The number of aryl methyl sites for hydroxylation is 1. The van der Waals surface area contributed by atoms with Gasteiger partial charge in [-0.05, 0) is 65.5 Å². The fourth-order valence-electron chi connectivity index (χ4n) is 4.62. The molecule has 0 radical (unpaired) electrons. The zero-order valence-electron chi connectivity index (χ0n) is 21.9. The second kappa shape index (κ2) is 13.4. The molecule has 5 nitrogen and oxygen atoms in total. The summed E-state index contributed by atoms with van der Waals surface area (Å²) in [6.45, 7) is 1.11. The SMILES string of the molecule is CN(CCc1ccccc1)C(=O)Cc1cc(CCCCC(=O)O)cc2c(OCc3ccccc3)cccc12. The van der Waals surface area contributed by atoms with Crippen molar-refractivity contribution in [3.63, 3.8) is 0 Å². The van der Waals surface area contributed by atoms with E-state index in [1.807, 2.05) is 73.8 Å². The highest BCUT2D eigenvalue weighted by molar-refractivity contribution is 5.94. The van der Waals surface area contributed by atoms with Gasteiger partial charge in [-0.15, -0.1) is 0 Å². The lowest BCUT2D eigenvalue weighted by molar-refractivity contribution is -0.137. The van der Waals surface area contributed by atoms with Crippen molar-refractivity contribution in [2.45, 2.75) is 45.1 Å². The number of benzene rings is 4. The van der Waals surface area contributed by atoms with Gasteiger partial charge in [0.1, 0.15) is 12.4 Å². The minimum absolute atomic E-state index is 0.0702. The van der Waals surface area contributed by atoms with Gasteiger partial charge in [0, 0.05) is 25.4 Å². The Kier molecular flexibility index (Phi) is 9.52. The number of carbonyl (C=O) groups excluding carboxylic acids is 1. The second-order valence-corrected chi connectivity index (χ2v) is 9.71. The maximum Gasteiger partial charge on any atom is 0.303 e. The van der Waals surface area contributed by atoms with E-state index in [-0.39, 0.29) is 12.3 Å². The Bertz CT molecular complexity index is 1350. The molecule has 0 aromatic heterocycles. The fourth-order valence-corrected chi connectivity index (χ4v) is 4.62. The van der Waals surface area contributed by atoms with Crippen molar-refractivity contribution in [1.29, 1.82) is 0 Å². The van der Waals surface area contributed by atoms with E-state index in [2.05, 4.69) is 24.3 Å². The highest BCUT2D eigenvalue weighted by Gasteiger charge is 2.15. The molecule has 38 heavy (non-hydrogen) atoms. The third kappa shape index (κ3) is 7.69. The molecule has 0 heterocycles. The first-order valence-corrected chi connectivity index (χ1v) is 13.2. The Morgan fingerprint density at radius 2 is 1.47 bits per heavy atom. The number of hydrogen-bond acceptors (Lipinski definition) is 3. The molecule has 0 saturated carbocycles. The number of nitrogens with zero attached hydrogens (tertiary/aromatic N) is 1. The number of rotatable bonds is 13. The first-order chi connectivity index (χ1) is 18.5. The van der Waals surface area contributed by atoms with Gasteiger partial charge in [-0.25, -0.2) is 0 Å². The number of amides is 1. The largest absolute Gasteiger partial charge is 0.488 e. The lowest BCUT2D eigenvalue weighted by atomic mass is 9.95. The van der Waals surface area contributed by atoms with E-state index >= 15 is 0 Å². The van der Waals surface area contributed by atoms with Crippen LogP contribution in [-0.4, -0.2) is 35.5 Å². The molecule has 4 aromatic carbocycles. The Morgan fingerprint density at radius 3 is 2.18 bits per heavy atom. The van der Waals surface area contributed by atoms with E-state index in [4.69, 9.17) is 9.84 Å². The molecule has 0 atom stereocenters. The van der Waals surface area contributed by atoms with E-state index in [0.29, 0.717) is 26.0 Å². The number of aliphatic carboxylic acids is 1. The van der Waals surface area contributed by atoms with Crippen LogP contribution in [0.25, 0.3) is 10.8 Å². The van der Waals surface area contributed by atoms with Crippen LogP contribution >= 0.6 is 0 Å². The lowest BCUT2D eigenvalue weighted by Crippen LogP contribution is -2.30. The molecule has 0 spiro atoms. The van der Waals surface area contributed by atoms with Gasteiger partial charge in [0.25, 0.3) is 0 Å². The Hall–Kier alpha value is -4.12. The minimum Gasteiger partial charge on any atom is -0.488 e. The molecular weight excluding hydrogens is 474 g/mol. The van der Waals surface area contributed by atoms with Gasteiger partial charge in [0.05, 0.1) is 6.42 Å². The molecule has 196 valence electrons. The number of ether oxygens (including phenoxy) is 1. The molecule has 4 aromatic rings. The summed E-state index contributed by atoms with van der Waals surface area (Å²) in [6, 6.07) is 30.5. The number of carboxylic acids is 1. The number of fused-ring (bicyclic) bond motifs is 1. The summed E-state index contributed by atoms with van der Waals surface area (Å²) in [5, 5.41) is 11.0. The number of carbonyl (C=O) groups is 2. The number of carboxylic acid groups (broad SMARTS) is 1. The van der Waals surface area contributed by atoms with E-state index < -0.39 is 5.97 Å². The summed E-state index contributed by atoms with van der Waals surface area (Å²) < 4.78 is 6.24. The number of likely N-dealkylation sites (N-methyl/N-ethyl adjacent to an activating group) is 1. The van der Waals surface area contributed by atoms with Gasteiger partial charge in [-0.1, -0.05) is 78.9 Å². The summed E-state index contributed by atoms with van der Waals surface area (Å²) in [7, 11) is 1.86. The van der Waals surface area contributed by atoms with Crippen LogP contribution in [0.1, 0.15) is 41.5 Å². The lowest BCUT2D eigenvalue weighted by Gasteiger charge is -2.19. The quantitative estimate of drug-likeness (QED) is 0.210. The molecule has 0 bridgehead atoms. The maximum absolute atomic E-state index is 13.2. The normalized spacial score (nSPS) is 10.9. The highest BCUT2D eigenvalue weighted by Crippen LogP contribution is 2.31. The Balaban J connectivity index is 1.55. The van der Waals surface area contributed by atoms with Crippen molar-refractivity contribution in [3.05, 3.63) is 113 Å². The van der Waals surface area contributed by atoms with Gasteiger partial charge < -0.3 is 14.7 Å². The minimum atomic E-state index is -0.773. The van der Waals surface area contributed by atoms with Crippen LogP contribution in [0.5, 0.6) is 5.75 Å². The van der Waals surface area contributed by atoms with Crippen LogP contribution in [0, 0.1) is 0 Å². The van der Waals surface area contributed by atoms with Gasteiger partial charge in [-0.3, -0.25) is 9.59 Å². The average Bonchev–Trinajstić information content (AvgIpc) is 2.94. The monoisotopic (exact) mass is 509 g/mol. The van der Waals surface area contributed by atoms with Crippen LogP contribution in [0.3, 0.4) is 0 Å². The van der Waals surface area contributed by atoms with Crippen LogP contribution < -0.4 is 4.74 Å². The van der Waals surface area contributed by atoms with Gasteiger partial charge >= 0.3 is 5.97 Å². The van der Waals surface area contributed by atoms with Gasteiger partial charge in [0.2, 0.25) is 5.91 Å².